The summed E-state index contributed by atoms with van der Waals surface area (Å²) in [7, 11) is 0. The number of halogens is 1. The maximum atomic E-state index is 13.0. The van der Waals surface area contributed by atoms with E-state index in [0.717, 1.165) is 13.1 Å². The Bertz CT molecular complexity index is 467. The van der Waals surface area contributed by atoms with Gasteiger partial charge in [0.1, 0.15) is 5.82 Å². The second-order valence-corrected chi connectivity index (χ2v) is 4.90. The van der Waals surface area contributed by atoms with Gasteiger partial charge in [0.05, 0.1) is 25.9 Å². The number of amides is 2. The lowest BCUT2D eigenvalue weighted by Gasteiger charge is -2.30. The number of urea groups is 1. The van der Waals surface area contributed by atoms with Gasteiger partial charge in [-0.3, -0.25) is 4.90 Å². The number of nitrogens with zero attached hydrogens (tertiary/aromatic N) is 1. The fourth-order valence-corrected chi connectivity index (χ4v) is 2.16. The smallest absolute Gasteiger partial charge is 0.319 e. The molecule has 7 heteroatoms. The lowest BCUT2D eigenvalue weighted by molar-refractivity contribution is 0.0308. The van der Waals surface area contributed by atoms with Crippen LogP contribution in [0.15, 0.2) is 24.3 Å². The number of nitrogens with one attached hydrogen (secondary N) is 2. The van der Waals surface area contributed by atoms with Crippen molar-refractivity contribution >= 4 is 11.7 Å². The molecule has 0 aliphatic carbocycles. The summed E-state index contributed by atoms with van der Waals surface area (Å²) in [4.78, 5) is 14.0. The summed E-state index contributed by atoms with van der Waals surface area (Å²) in [6, 6.07) is 4.80. The number of anilines is 1. The molecule has 1 aliphatic rings. The molecule has 1 fully saturated rings. The molecule has 1 aliphatic heterocycles. The van der Waals surface area contributed by atoms with E-state index in [1.165, 1.54) is 18.2 Å². The van der Waals surface area contributed by atoms with Crippen LogP contribution in [0.4, 0.5) is 14.9 Å². The van der Waals surface area contributed by atoms with E-state index in [0.29, 0.717) is 25.4 Å². The van der Waals surface area contributed by atoms with Gasteiger partial charge in [-0.15, -0.1) is 0 Å². The minimum atomic E-state index is -0.465. The van der Waals surface area contributed by atoms with Crippen LogP contribution in [0.3, 0.4) is 0 Å². The quantitative estimate of drug-likeness (QED) is 0.746. The predicted octanol–water partition coefficient (Wildman–Crippen LogP) is 0.640. The lowest BCUT2D eigenvalue weighted by Crippen LogP contribution is -2.49. The van der Waals surface area contributed by atoms with E-state index in [2.05, 4.69) is 15.5 Å². The van der Waals surface area contributed by atoms with E-state index >= 15 is 0 Å². The van der Waals surface area contributed by atoms with Gasteiger partial charge in [0, 0.05) is 25.3 Å². The molecule has 1 aromatic carbocycles. The zero-order valence-corrected chi connectivity index (χ0v) is 11.7. The molecule has 1 heterocycles. The summed E-state index contributed by atoms with van der Waals surface area (Å²) in [5.41, 5.74) is 0.371. The fraction of sp³-hybridized carbons (Fsp3) is 0.500. The Morgan fingerprint density at radius 3 is 2.86 bits per heavy atom. The molecule has 3 N–H and O–H groups in total. The highest BCUT2D eigenvalue weighted by Gasteiger charge is 2.18. The van der Waals surface area contributed by atoms with Gasteiger partial charge in [-0.2, -0.15) is 0 Å². The van der Waals surface area contributed by atoms with E-state index < -0.39 is 11.8 Å². The number of morpholine rings is 1. The summed E-state index contributed by atoms with van der Waals surface area (Å²) in [6.45, 7) is 3.28. The molecule has 2 amide bonds. The van der Waals surface area contributed by atoms with Crippen molar-refractivity contribution in [1.82, 2.24) is 10.2 Å². The molecule has 0 spiro atoms. The van der Waals surface area contributed by atoms with Crippen LogP contribution in [-0.2, 0) is 4.74 Å². The Kier molecular flexibility index (Phi) is 5.91. The molecule has 6 nitrogen and oxygen atoms in total. The van der Waals surface area contributed by atoms with Crippen molar-refractivity contribution in [1.29, 1.82) is 0 Å². The molecule has 0 radical (unpaired) electrons. The number of carbonyl (C=O) groups is 1. The molecule has 1 aromatic rings. The highest BCUT2D eigenvalue weighted by atomic mass is 19.1. The first-order valence-electron chi connectivity index (χ1n) is 6.91. The molecule has 21 heavy (non-hydrogen) atoms. The standard InChI is InChI=1S/C14H20FN3O3/c15-11-2-1-3-12(8-11)16-14(20)17-13(10-19)9-18-4-6-21-7-5-18/h1-3,8,13,19H,4-7,9-10H2,(H2,16,17,20). The number of hydrogen-bond donors (Lipinski definition) is 3. The summed E-state index contributed by atoms with van der Waals surface area (Å²) in [5.74, 6) is -0.417. The Labute approximate surface area is 122 Å². The van der Waals surface area contributed by atoms with E-state index in [9.17, 15) is 14.3 Å². The summed E-state index contributed by atoms with van der Waals surface area (Å²) in [5, 5.41) is 14.6. The molecular formula is C14H20FN3O3. The first-order chi connectivity index (χ1) is 10.2. The minimum absolute atomic E-state index is 0.159. The number of aliphatic hydroxyl groups excluding tert-OH is 1. The molecule has 2 rings (SSSR count). The topological polar surface area (TPSA) is 73.8 Å². The highest BCUT2D eigenvalue weighted by molar-refractivity contribution is 5.89. The predicted molar refractivity (Wildman–Crippen MR) is 76.7 cm³/mol. The number of rotatable bonds is 5. The number of hydrogen-bond acceptors (Lipinski definition) is 4. The number of carbonyl (C=O) groups excluding carboxylic acids is 1. The summed E-state index contributed by atoms with van der Waals surface area (Å²) < 4.78 is 18.3. The molecule has 116 valence electrons. The summed E-state index contributed by atoms with van der Waals surface area (Å²) >= 11 is 0. The third-order valence-corrected chi connectivity index (χ3v) is 3.22. The molecule has 1 unspecified atom stereocenters. The Morgan fingerprint density at radius 2 is 2.19 bits per heavy atom. The molecule has 1 atom stereocenters. The maximum Gasteiger partial charge on any atom is 0.319 e. The Morgan fingerprint density at radius 1 is 1.43 bits per heavy atom. The van der Waals surface area contributed by atoms with E-state index in [4.69, 9.17) is 4.74 Å². The van der Waals surface area contributed by atoms with Crippen molar-refractivity contribution in [3.63, 3.8) is 0 Å². The number of benzene rings is 1. The Hall–Kier alpha value is -1.70. The van der Waals surface area contributed by atoms with E-state index in [-0.39, 0.29) is 12.6 Å². The van der Waals surface area contributed by atoms with Crippen molar-refractivity contribution in [2.75, 3.05) is 44.8 Å². The molecule has 0 aromatic heterocycles. The second kappa shape index (κ2) is 7.92. The average molecular weight is 297 g/mol. The number of ether oxygens (including phenoxy) is 1. The first kappa shape index (κ1) is 15.7. The van der Waals surface area contributed by atoms with Crippen molar-refractivity contribution in [3.05, 3.63) is 30.1 Å². The second-order valence-electron chi connectivity index (χ2n) is 4.90. The minimum Gasteiger partial charge on any atom is -0.394 e. The van der Waals surface area contributed by atoms with Crippen molar-refractivity contribution in [3.8, 4) is 0 Å². The normalized spacial score (nSPS) is 17.2. The van der Waals surface area contributed by atoms with Crippen LogP contribution < -0.4 is 10.6 Å². The molecule has 0 saturated carbocycles. The molecule has 1 saturated heterocycles. The highest BCUT2D eigenvalue weighted by Crippen LogP contribution is 2.08. The van der Waals surface area contributed by atoms with Gasteiger partial charge in [-0.25, -0.2) is 9.18 Å². The third-order valence-electron chi connectivity index (χ3n) is 3.22. The largest absolute Gasteiger partial charge is 0.394 e. The van der Waals surface area contributed by atoms with Crippen LogP contribution >= 0.6 is 0 Å². The van der Waals surface area contributed by atoms with Gasteiger partial charge in [-0.1, -0.05) is 6.07 Å². The van der Waals surface area contributed by atoms with Crippen LogP contribution in [0.1, 0.15) is 0 Å². The third kappa shape index (κ3) is 5.30. The van der Waals surface area contributed by atoms with Crippen LogP contribution in [-0.4, -0.2) is 61.5 Å². The van der Waals surface area contributed by atoms with Crippen molar-refractivity contribution < 1.29 is 19.0 Å². The molecule has 0 bridgehead atoms. The monoisotopic (exact) mass is 297 g/mol. The first-order valence-corrected chi connectivity index (χ1v) is 6.91. The van der Waals surface area contributed by atoms with Crippen molar-refractivity contribution in [2.24, 2.45) is 0 Å². The lowest BCUT2D eigenvalue weighted by atomic mass is 10.2. The number of aliphatic hydroxyl groups is 1. The zero-order valence-electron chi connectivity index (χ0n) is 11.7. The van der Waals surface area contributed by atoms with Crippen LogP contribution in [0.5, 0.6) is 0 Å². The van der Waals surface area contributed by atoms with Crippen LogP contribution in [0, 0.1) is 5.82 Å². The maximum absolute atomic E-state index is 13.0. The van der Waals surface area contributed by atoms with Gasteiger partial charge in [0.15, 0.2) is 0 Å². The van der Waals surface area contributed by atoms with E-state index in [1.54, 1.807) is 6.07 Å². The average Bonchev–Trinajstić information content (AvgIpc) is 2.47. The van der Waals surface area contributed by atoms with Gasteiger partial charge in [0.25, 0.3) is 0 Å². The van der Waals surface area contributed by atoms with Gasteiger partial charge < -0.3 is 20.5 Å². The van der Waals surface area contributed by atoms with Crippen LogP contribution in [0.25, 0.3) is 0 Å². The van der Waals surface area contributed by atoms with E-state index in [1.807, 2.05) is 0 Å². The Balaban J connectivity index is 1.81. The van der Waals surface area contributed by atoms with Gasteiger partial charge >= 0.3 is 6.03 Å². The van der Waals surface area contributed by atoms with Gasteiger partial charge in [-0.05, 0) is 18.2 Å². The zero-order chi connectivity index (χ0) is 15.1. The molecular weight excluding hydrogens is 277 g/mol. The SMILES string of the molecule is O=C(Nc1cccc(F)c1)NC(CO)CN1CCOCC1. The van der Waals surface area contributed by atoms with Crippen LogP contribution in [0.2, 0.25) is 0 Å². The van der Waals surface area contributed by atoms with Crippen molar-refractivity contribution in [2.45, 2.75) is 6.04 Å². The van der Waals surface area contributed by atoms with Gasteiger partial charge in [0.2, 0.25) is 0 Å². The summed E-state index contributed by atoms with van der Waals surface area (Å²) in [6.07, 6.45) is 0. The fourth-order valence-electron chi connectivity index (χ4n) is 2.16.